The Kier molecular flexibility index (Phi) is 4.23. The number of anilines is 1. The highest BCUT2D eigenvalue weighted by Gasteiger charge is 2.43. The lowest BCUT2D eigenvalue weighted by Gasteiger charge is -2.19. The number of carbonyl (C=O) groups excluding carboxylic acids is 2. The number of hydrogen-bond donors (Lipinski definition) is 0. The molecule has 1 fully saturated rings. The molecule has 0 radical (unpaired) electrons. The molecule has 3 amide bonds. The molecule has 2 aromatic rings. The Morgan fingerprint density at radius 1 is 1.12 bits per heavy atom. The fourth-order valence-corrected chi connectivity index (χ4v) is 3.50. The van der Waals surface area contributed by atoms with E-state index >= 15 is 0 Å². The van der Waals surface area contributed by atoms with Gasteiger partial charge in [0.25, 0.3) is 5.91 Å². The lowest BCUT2D eigenvalue weighted by Crippen LogP contribution is -2.36. The Bertz CT molecular complexity index is 843. The molecule has 1 aromatic carbocycles. The molecule has 1 aromatic heterocycles. The second-order valence-corrected chi connectivity index (χ2v) is 6.41. The Balaban J connectivity index is 1.80. The number of benzene rings is 1. The summed E-state index contributed by atoms with van der Waals surface area (Å²) < 4.78 is 14.6. The molecule has 2 heterocycles. The number of urea groups is 1. The highest BCUT2D eigenvalue weighted by Crippen LogP contribution is 2.25. The number of hydrogen-bond acceptors (Lipinski definition) is 4. The molecule has 126 valence electrons. The fourth-order valence-electron chi connectivity index (χ4n) is 2.74. The van der Waals surface area contributed by atoms with Gasteiger partial charge in [0.2, 0.25) is 0 Å². The summed E-state index contributed by atoms with van der Waals surface area (Å²) in [5, 5.41) is 1.74. The monoisotopic (exact) mass is 349 g/mol. The molecule has 8 heteroatoms. The van der Waals surface area contributed by atoms with E-state index in [9.17, 15) is 18.8 Å². The molecule has 1 aliphatic rings. The first kappa shape index (κ1) is 16.4. The van der Waals surface area contributed by atoms with E-state index in [2.05, 4.69) is 0 Å². The Labute approximate surface area is 141 Å². The van der Waals surface area contributed by atoms with Crippen molar-refractivity contribution in [2.75, 3.05) is 11.4 Å². The fraction of sp³-hybridized carbons (Fsp3) is 0.312. The van der Waals surface area contributed by atoms with E-state index in [1.165, 1.54) is 33.7 Å². The zero-order chi connectivity index (χ0) is 17.4. The van der Waals surface area contributed by atoms with Gasteiger partial charge < -0.3 is 4.57 Å². The molecule has 0 N–H and O–H groups in total. The maximum atomic E-state index is 13.1. The van der Waals surface area contributed by atoms with Gasteiger partial charge in [-0.15, -0.1) is 0 Å². The van der Waals surface area contributed by atoms with E-state index in [-0.39, 0.29) is 23.9 Å². The minimum Gasteiger partial charge on any atom is -0.302 e. The molecule has 3 rings (SSSR count). The van der Waals surface area contributed by atoms with Gasteiger partial charge in [-0.3, -0.25) is 19.4 Å². The van der Waals surface area contributed by atoms with Crippen molar-refractivity contribution < 1.29 is 14.0 Å². The molecule has 1 atom stereocenters. The number of rotatable bonds is 4. The summed E-state index contributed by atoms with van der Waals surface area (Å²) in [6.07, 6.45) is 0. The molecule has 0 unspecified atom stereocenters. The summed E-state index contributed by atoms with van der Waals surface area (Å²) in [6.45, 7) is 3.82. The normalized spacial score (nSPS) is 17.9. The molecule has 0 aliphatic carbocycles. The maximum absolute atomic E-state index is 13.1. The molecule has 1 saturated heterocycles. The number of nitrogens with zero attached hydrogens (tertiary/aromatic N) is 3. The van der Waals surface area contributed by atoms with Gasteiger partial charge in [-0.1, -0.05) is 11.3 Å². The molecular formula is C16H16FN3O3S. The van der Waals surface area contributed by atoms with E-state index < -0.39 is 17.9 Å². The first-order valence-electron chi connectivity index (χ1n) is 7.45. The van der Waals surface area contributed by atoms with Crippen LogP contribution in [-0.2, 0) is 11.3 Å². The molecule has 1 aliphatic heterocycles. The highest BCUT2D eigenvalue weighted by molar-refractivity contribution is 7.07. The summed E-state index contributed by atoms with van der Waals surface area (Å²) in [5.74, 6) is -0.737. The van der Waals surface area contributed by atoms with Gasteiger partial charge >= 0.3 is 10.9 Å². The van der Waals surface area contributed by atoms with Crippen LogP contribution in [0.3, 0.4) is 0 Å². The topological polar surface area (TPSA) is 62.6 Å². The third kappa shape index (κ3) is 2.73. The van der Waals surface area contributed by atoms with E-state index in [0.29, 0.717) is 5.69 Å². The second kappa shape index (κ2) is 6.20. The van der Waals surface area contributed by atoms with Crippen LogP contribution in [0, 0.1) is 12.7 Å². The maximum Gasteiger partial charge on any atom is 0.332 e. The molecule has 24 heavy (non-hydrogen) atoms. The number of amides is 3. The minimum absolute atomic E-state index is 0.116. The van der Waals surface area contributed by atoms with Crippen LogP contribution in [0.5, 0.6) is 0 Å². The van der Waals surface area contributed by atoms with E-state index in [1.54, 1.807) is 19.2 Å². The number of aryl methyl sites for hydroxylation is 1. The summed E-state index contributed by atoms with van der Waals surface area (Å²) in [7, 11) is 0. The third-order valence-electron chi connectivity index (χ3n) is 4.08. The first-order valence-corrected chi connectivity index (χ1v) is 8.33. The zero-order valence-electron chi connectivity index (χ0n) is 13.2. The van der Waals surface area contributed by atoms with Crippen molar-refractivity contribution in [1.29, 1.82) is 0 Å². The third-order valence-corrected chi connectivity index (χ3v) is 4.96. The van der Waals surface area contributed by atoms with Crippen molar-refractivity contribution in [2.24, 2.45) is 0 Å². The number of carbonyl (C=O) groups is 2. The number of halogens is 1. The Hall–Kier alpha value is -2.48. The zero-order valence-corrected chi connectivity index (χ0v) is 14.0. The Morgan fingerprint density at radius 2 is 1.79 bits per heavy atom. The van der Waals surface area contributed by atoms with Gasteiger partial charge in [0.1, 0.15) is 11.9 Å². The molecule has 6 nitrogen and oxygen atoms in total. The minimum atomic E-state index is -0.664. The molecular weight excluding hydrogens is 333 g/mol. The standard InChI is InChI=1S/C16H16FN3O3S/c1-10-9-24-16(23)18(10)7-8-19-14(21)11(2)20(15(19)22)13-5-3-12(17)4-6-13/h3-6,9,11H,7-8H2,1-2H3/t11-/m1/s1. The largest absolute Gasteiger partial charge is 0.332 e. The van der Waals surface area contributed by atoms with Crippen LogP contribution in [0.2, 0.25) is 0 Å². The van der Waals surface area contributed by atoms with Crippen LogP contribution in [0.4, 0.5) is 14.9 Å². The van der Waals surface area contributed by atoms with Crippen LogP contribution < -0.4 is 9.77 Å². The average molecular weight is 349 g/mol. The van der Waals surface area contributed by atoms with Crippen molar-refractivity contribution in [1.82, 2.24) is 9.47 Å². The molecule has 0 spiro atoms. The van der Waals surface area contributed by atoms with Gasteiger partial charge in [-0.2, -0.15) is 0 Å². The second-order valence-electron chi connectivity index (χ2n) is 5.59. The number of thiazole rings is 1. The summed E-state index contributed by atoms with van der Waals surface area (Å²) in [5.41, 5.74) is 1.26. The van der Waals surface area contributed by atoms with Gasteiger partial charge in [-0.05, 0) is 38.1 Å². The van der Waals surface area contributed by atoms with Crippen molar-refractivity contribution in [2.45, 2.75) is 26.4 Å². The van der Waals surface area contributed by atoms with Crippen LogP contribution in [0.25, 0.3) is 0 Å². The van der Waals surface area contributed by atoms with Gasteiger partial charge in [0, 0.05) is 29.9 Å². The summed E-state index contributed by atoms with van der Waals surface area (Å²) >= 11 is 1.09. The quantitative estimate of drug-likeness (QED) is 0.795. The lowest BCUT2D eigenvalue weighted by molar-refractivity contribution is -0.127. The van der Waals surface area contributed by atoms with Gasteiger partial charge in [0.05, 0.1) is 0 Å². The van der Waals surface area contributed by atoms with Crippen molar-refractivity contribution in [3.8, 4) is 0 Å². The average Bonchev–Trinajstić information content (AvgIpc) is 2.98. The number of imide groups is 1. The molecule has 0 bridgehead atoms. The highest BCUT2D eigenvalue weighted by atomic mass is 32.1. The van der Waals surface area contributed by atoms with Crippen LogP contribution >= 0.6 is 11.3 Å². The van der Waals surface area contributed by atoms with E-state index in [1.807, 2.05) is 0 Å². The van der Waals surface area contributed by atoms with Crippen molar-refractivity contribution in [3.05, 3.63) is 50.8 Å². The van der Waals surface area contributed by atoms with Crippen LogP contribution in [-0.4, -0.2) is 34.0 Å². The van der Waals surface area contributed by atoms with Gasteiger partial charge in [-0.25, -0.2) is 9.18 Å². The smallest absolute Gasteiger partial charge is 0.302 e. The SMILES string of the molecule is Cc1csc(=O)n1CCN1C(=O)[C@@H](C)N(c2ccc(F)cc2)C1=O. The number of aromatic nitrogens is 1. The van der Waals surface area contributed by atoms with Gasteiger partial charge in [0.15, 0.2) is 0 Å². The van der Waals surface area contributed by atoms with E-state index in [0.717, 1.165) is 21.9 Å². The Morgan fingerprint density at radius 3 is 2.38 bits per heavy atom. The first-order chi connectivity index (χ1) is 11.4. The van der Waals surface area contributed by atoms with Crippen molar-refractivity contribution >= 4 is 29.0 Å². The van der Waals surface area contributed by atoms with Crippen LogP contribution in [0.15, 0.2) is 34.4 Å². The lowest BCUT2D eigenvalue weighted by atomic mass is 10.2. The van der Waals surface area contributed by atoms with E-state index in [4.69, 9.17) is 0 Å². The summed E-state index contributed by atoms with van der Waals surface area (Å²) in [4.78, 5) is 39.1. The predicted molar refractivity (Wildman–Crippen MR) is 88.8 cm³/mol. The molecule has 0 saturated carbocycles. The predicted octanol–water partition coefficient (Wildman–Crippen LogP) is 2.21. The van der Waals surface area contributed by atoms with Crippen molar-refractivity contribution in [3.63, 3.8) is 0 Å². The van der Waals surface area contributed by atoms with Crippen LogP contribution in [0.1, 0.15) is 12.6 Å². The summed E-state index contributed by atoms with van der Waals surface area (Å²) in [6, 6.07) is 4.30.